The van der Waals surface area contributed by atoms with Gasteiger partial charge >= 0.3 is 5.69 Å². The molecule has 2 bridgehead atoms. The van der Waals surface area contributed by atoms with Crippen molar-refractivity contribution >= 4 is 22.6 Å². The molecule has 2 unspecified atom stereocenters. The summed E-state index contributed by atoms with van der Waals surface area (Å²) in [4.78, 5) is 36.0. The molecule has 4 heterocycles. The van der Waals surface area contributed by atoms with Crippen molar-refractivity contribution in [1.29, 1.82) is 0 Å². The number of hydrogen-bond acceptors (Lipinski definition) is 3. The highest BCUT2D eigenvalue weighted by Crippen LogP contribution is 2.39. The van der Waals surface area contributed by atoms with Crippen molar-refractivity contribution in [3.8, 4) is 0 Å². The number of rotatable bonds is 2. The molecule has 6 nitrogen and oxygen atoms in total. The largest absolute Gasteiger partial charge is 0.329 e. The Balaban J connectivity index is 1.47. The van der Waals surface area contributed by atoms with Gasteiger partial charge < -0.3 is 9.88 Å². The Morgan fingerprint density at radius 3 is 2.81 bits per heavy atom. The topological polar surface area (TPSA) is 81.8 Å². The summed E-state index contributed by atoms with van der Waals surface area (Å²) in [5.41, 5.74) is 3.80. The van der Waals surface area contributed by atoms with E-state index in [4.69, 9.17) is 0 Å². The fourth-order valence-corrected chi connectivity index (χ4v) is 4.20. The van der Waals surface area contributed by atoms with Crippen molar-refractivity contribution in [2.45, 2.75) is 31.3 Å². The normalized spacial score (nSPS) is 21.8. The van der Waals surface area contributed by atoms with E-state index < -0.39 is 0 Å². The summed E-state index contributed by atoms with van der Waals surface area (Å²) in [6.45, 7) is 0. The van der Waals surface area contributed by atoms with Crippen LogP contribution < -0.4 is 5.69 Å². The van der Waals surface area contributed by atoms with Gasteiger partial charge in [-0.2, -0.15) is 0 Å². The lowest BCUT2D eigenvalue weighted by Gasteiger charge is -2.34. The number of pyridine rings is 1. The van der Waals surface area contributed by atoms with Gasteiger partial charge in [-0.1, -0.05) is 36.4 Å². The molecule has 2 aromatic heterocycles. The average Bonchev–Trinajstić information content (AvgIpc) is 3.16. The molecule has 0 aliphatic carbocycles. The van der Waals surface area contributed by atoms with E-state index in [0.29, 0.717) is 16.7 Å². The quantitative estimate of drug-likeness (QED) is 0.748. The fraction of sp³-hybridized carbons (Fsp3) is 0.250. The summed E-state index contributed by atoms with van der Waals surface area (Å²) in [5.74, 6) is -0.0164. The van der Waals surface area contributed by atoms with Gasteiger partial charge in [0.1, 0.15) is 0 Å². The summed E-state index contributed by atoms with van der Waals surface area (Å²) in [6, 6.07) is 12.4. The maximum absolute atomic E-state index is 13.1. The highest BCUT2D eigenvalue weighted by atomic mass is 16.2. The van der Waals surface area contributed by atoms with Crippen LogP contribution in [0.4, 0.5) is 0 Å². The zero-order valence-electron chi connectivity index (χ0n) is 14.1. The number of carbonyl (C=O) groups is 1. The zero-order chi connectivity index (χ0) is 17.7. The number of aromatic amines is 2. The molecular weight excluding hydrogens is 328 g/mol. The van der Waals surface area contributed by atoms with Crippen LogP contribution in [0, 0.1) is 0 Å². The number of benzene rings is 1. The molecule has 1 saturated heterocycles. The lowest BCUT2D eigenvalue weighted by atomic mass is 9.94. The van der Waals surface area contributed by atoms with E-state index in [2.05, 4.69) is 33.2 Å². The van der Waals surface area contributed by atoms with Crippen LogP contribution in [0.1, 0.15) is 35.2 Å². The molecule has 5 rings (SSSR count). The predicted molar refractivity (Wildman–Crippen MR) is 98.7 cm³/mol. The molecule has 6 heteroatoms. The van der Waals surface area contributed by atoms with Gasteiger partial charge in [0.05, 0.1) is 17.1 Å². The lowest BCUT2D eigenvalue weighted by Crippen LogP contribution is -2.43. The van der Waals surface area contributed by atoms with Gasteiger partial charge in [0.25, 0.3) is 5.91 Å². The van der Waals surface area contributed by atoms with Gasteiger partial charge in [-0.25, -0.2) is 9.78 Å². The molecule has 0 spiro atoms. The number of hydrogen-bond donors (Lipinski definition) is 2. The number of carbonyl (C=O) groups excluding carboxylic acids is 1. The highest BCUT2D eigenvalue weighted by Gasteiger charge is 2.40. The summed E-state index contributed by atoms with van der Waals surface area (Å²) in [7, 11) is 0. The van der Waals surface area contributed by atoms with Gasteiger partial charge in [-0.3, -0.25) is 9.78 Å². The maximum Gasteiger partial charge on any atom is 0.325 e. The summed E-state index contributed by atoms with van der Waals surface area (Å²) >= 11 is 0. The molecule has 0 radical (unpaired) electrons. The Hall–Kier alpha value is -3.15. The molecule has 1 amide bonds. The highest BCUT2D eigenvalue weighted by molar-refractivity contribution is 5.97. The van der Waals surface area contributed by atoms with Gasteiger partial charge in [-0.05, 0) is 36.5 Å². The third kappa shape index (κ3) is 2.37. The number of imidazole rings is 1. The van der Waals surface area contributed by atoms with Crippen molar-refractivity contribution in [1.82, 2.24) is 19.9 Å². The molecule has 2 N–H and O–H groups in total. The van der Waals surface area contributed by atoms with Crippen LogP contribution in [0.25, 0.3) is 16.7 Å². The van der Waals surface area contributed by atoms with Crippen molar-refractivity contribution in [3.63, 3.8) is 0 Å². The van der Waals surface area contributed by atoms with Gasteiger partial charge in [0.2, 0.25) is 0 Å². The number of nitrogens with one attached hydrogen (secondary N) is 2. The molecule has 2 atom stereocenters. The van der Waals surface area contributed by atoms with Gasteiger partial charge in [0.15, 0.2) is 5.65 Å². The smallest absolute Gasteiger partial charge is 0.325 e. The minimum Gasteiger partial charge on any atom is -0.329 e. The Morgan fingerprint density at radius 2 is 2.00 bits per heavy atom. The minimum atomic E-state index is -0.314. The summed E-state index contributed by atoms with van der Waals surface area (Å²) in [5, 5.41) is 0. The van der Waals surface area contributed by atoms with E-state index in [1.165, 1.54) is 11.1 Å². The second kappa shape index (κ2) is 5.69. The SMILES string of the molecule is O=C(c1cnc2[nH]c(=O)[nH]c2c1)N1C2C=C(c3ccccc3)CC1CC2. The predicted octanol–water partition coefficient (Wildman–Crippen LogP) is 2.71. The Labute approximate surface area is 149 Å². The number of amides is 1. The number of aromatic nitrogens is 3. The van der Waals surface area contributed by atoms with Crippen LogP contribution in [-0.2, 0) is 0 Å². The molecule has 3 aromatic rings. The van der Waals surface area contributed by atoms with Crippen LogP contribution in [-0.4, -0.2) is 37.8 Å². The number of fused-ring (bicyclic) bond motifs is 3. The Bertz CT molecular complexity index is 1080. The first-order chi connectivity index (χ1) is 12.7. The third-order valence-electron chi connectivity index (χ3n) is 5.39. The van der Waals surface area contributed by atoms with E-state index in [-0.39, 0.29) is 23.7 Å². The molecule has 1 fully saturated rings. The third-order valence-corrected chi connectivity index (χ3v) is 5.39. The molecule has 2 aliphatic rings. The molecular formula is C20H18N4O2. The van der Waals surface area contributed by atoms with E-state index in [1.54, 1.807) is 12.3 Å². The second-order valence-corrected chi connectivity index (χ2v) is 6.97. The number of H-pyrrole nitrogens is 2. The van der Waals surface area contributed by atoms with E-state index in [1.807, 2.05) is 23.1 Å². The molecule has 26 heavy (non-hydrogen) atoms. The number of nitrogens with zero attached hydrogens (tertiary/aromatic N) is 2. The monoisotopic (exact) mass is 346 g/mol. The Kier molecular flexibility index (Phi) is 3.31. The van der Waals surface area contributed by atoms with Crippen molar-refractivity contribution in [2.75, 3.05) is 0 Å². The molecule has 0 saturated carbocycles. The lowest BCUT2D eigenvalue weighted by molar-refractivity contribution is 0.0692. The first-order valence-corrected chi connectivity index (χ1v) is 8.86. The van der Waals surface area contributed by atoms with Crippen molar-refractivity contribution in [3.05, 3.63) is 70.3 Å². The second-order valence-electron chi connectivity index (χ2n) is 6.97. The van der Waals surface area contributed by atoms with Crippen LogP contribution in [0.15, 0.2) is 53.5 Å². The van der Waals surface area contributed by atoms with Gasteiger partial charge in [-0.15, -0.1) is 0 Å². The van der Waals surface area contributed by atoms with E-state index in [0.717, 1.165) is 19.3 Å². The van der Waals surface area contributed by atoms with Gasteiger partial charge in [0, 0.05) is 12.2 Å². The van der Waals surface area contributed by atoms with Crippen LogP contribution >= 0.6 is 0 Å². The van der Waals surface area contributed by atoms with E-state index >= 15 is 0 Å². The Morgan fingerprint density at radius 1 is 1.15 bits per heavy atom. The van der Waals surface area contributed by atoms with Crippen LogP contribution in [0.2, 0.25) is 0 Å². The summed E-state index contributed by atoms with van der Waals surface area (Å²) < 4.78 is 0. The van der Waals surface area contributed by atoms with E-state index in [9.17, 15) is 9.59 Å². The first-order valence-electron chi connectivity index (χ1n) is 8.86. The fourth-order valence-electron chi connectivity index (χ4n) is 4.20. The summed E-state index contributed by atoms with van der Waals surface area (Å²) in [6.07, 6.45) is 6.66. The van der Waals surface area contributed by atoms with Crippen LogP contribution in [0.5, 0.6) is 0 Å². The van der Waals surface area contributed by atoms with Crippen LogP contribution in [0.3, 0.4) is 0 Å². The van der Waals surface area contributed by atoms with Crippen molar-refractivity contribution < 1.29 is 4.79 Å². The zero-order valence-corrected chi connectivity index (χ0v) is 14.1. The standard InChI is InChI=1S/C20H18N4O2/c25-19(14-10-17-18(21-11-14)23-20(26)22-17)24-15-6-7-16(24)9-13(8-15)12-4-2-1-3-5-12/h1-5,8,10-11,15-16H,6-7,9H2,(H2,21,22,23,26). The van der Waals surface area contributed by atoms with Crippen molar-refractivity contribution in [2.24, 2.45) is 0 Å². The maximum atomic E-state index is 13.1. The minimum absolute atomic E-state index is 0.0164. The first kappa shape index (κ1) is 15.1. The molecule has 1 aromatic carbocycles. The average molecular weight is 346 g/mol. The molecule has 130 valence electrons. The molecule has 2 aliphatic heterocycles.